The molecule has 0 spiro atoms. The summed E-state index contributed by atoms with van der Waals surface area (Å²) in [5, 5.41) is 41.9. The lowest BCUT2D eigenvalue weighted by Gasteiger charge is -2.19. The quantitative estimate of drug-likeness (QED) is 0.444. The third kappa shape index (κ3) is 2.73. The fourth-order valence-corrected chi connectivity index (χ4v) is 2.10. The van der Waals surface area contributed by atoms with Crippen LogP contribution in [0.3, 0.4) is 0 Å². The highest BCUT2D eigenvalue weighted by Crippen LogP contribution is 2.26. The maximum absolute atomic E-state index is 10.6. The number of rotatable bonds is 4. The van der Waals surface area contributed by atoms with Gasteiger partial charge in [-0.05, 0) is 18.6 Å². The second kappa shape index (κ2) is 5.71. The highest BCUT2D eigenvalue weighted by atomic mass is 16.6. The van der Waals surface area contributed by atoms with E-state index >= 15 is 0 Å². The zero-order chi connectivity index (χ0) is 14.9. The number of benzene rings is 1. The van der Waals surface area contributed by atoms with E-state index in [2.05, 4.69) is 5.32 Å². The third-order valence-corrected chi connectivity index (χ3v) is 3.26. The van der Waals surface area contributed by atoms with Crippen LogP contribution in [0, 0.1) is 17.0 Å². The molecule has 4 N–H and O–H groups in total. The minimum absolute atomic E-state index is 0.0331. The Balaban J connectivity index is 2.13. The Morgan fingerprint density at radius 1 is 1.40 bits per heavy atom. The summed E-state index contributed by atoms with van der Waals surface area (Å²) >= 11 is 0. The number of anilines is 1. The number of aliphatic hydroxyl groups is 3. The molecule has 0 aliphatic carbocycles. The molecule has 0 radical (unpaired) electrons. The van der Waals surface area contributed by atoms with Crippen molar-refractivity contribution in [1.29, 1.82) is 0 Å². The predicted molar refractivity (Wildman–Crippen MR) is 69.2 cm³/mol. The van der Waals surface area contributed by atoms with Crippen LogP contribution in [-0.2, 0) is 4.74 Å². The van der Waals surface area contributed by atoms with E-state index in [0.29, 0.717) is 11.3 Å². The molecular formula is C12H16N2O6. The van der Waals surface area contributed by atoms with Crippen molar-refractivity contribution in [2.45, 2.75) is 31.5 Å². The Hall–Kier alpha value is -1.74. The van der Waals surface area contributed by atoms with Crippen LogP contribution in [0.5, 0.6) is 0 Å². The smallest absolute Gasteiger partial charge is 0.269 e. The first-order valence-corrected chi connectivity index (χ1v) is 6.08. The van der Waals surface area contributed by atoms with Crippen molar-refractivity contribution in [3.8, 4) is 0 Å². The summed E-state index contributed by atoms with van der Waals surface area (Å²) in [6, 6.07) is 4.22. The van der Waals surface area contributed by atoms with Crippen LogP contribution in [0.1, 0.15) is 5.56 Å². The maximum atomic E-state index is 10.6. The first-order valence-electron chi connectivity index (χ1n) is 6.08. The first-order chi connectivity index (χ1) is 9.43. The lowest BCUT2D eigenvalue weighted by Crippen LogP contribution is -2.36. The van der Waals surface area contributed by atoms with Crippen LogP contribution in [0.4, 0.5) is 11.4 Å². The van der Waals surface area contributed by atoms with Crippen molar-refractivity contribution >= 4 is 11.4 Å². The molecular weight excluding hydrogens is 268 g/mol. The Morgan fingerprint density at radius 2 is 2.10 bits per heavy atom. The summed E-state index contributed by atoms with van der Waals surface area (Å²) in [5.41, 5.74) is 1.12. The van der Waals surface area contributed by atoms with E-state index in [1.54, 1.807) is 6.92 Å². The second-order valence-corrected chi connectivity index (χ2v) is 4.66. The van der Waals surface area contributed by atoms with Crippen molar-refractivity contribution in [2.24, 2.45) is 0 Å². The van der Waals surface area contributed by atoms with Crippen LogP contribution >= 0.6 is 0 Å². The number of hydrogen-bond acceptors (Lipinski definition) is 7. The normalized spacial score (nSPS) is 29.4. The number of aliphatic hydroxyl groups excluding tert-OH is 3. The average Bonchev–Trinajstić information content (AvgIpc) is 2.68. The Kier molecular flexibility index (Phi) is 4.19. The molecule has 8 nitrogen and oxygen atoms in total. The van der Waals surface area contributed by atoms with Gasteiger partial charge in [0.25, 0.3) is 5.69 Å². The van der Waals surface area contributed by atoms with E-state index in [0.717, 1.165) is 0 Å². The summed E-state index contributed by atoms with van der Waals surface area (Å²) in [4.78, 5) is 10.1. The van der Waals surface area contributed by atoms with E-state index in [-0.39, 0.29) is 5.69 Å². The largest absolute Gasteiger partial charge is 0.394 e. The fourth-order valence-electron chi connectivity index (χ4n) is 2.10. The molecule has 1 saturated heterocycles. The Morgan fingerprint density at radius 3 is 2.60 bits per heavy atom. The van der Waals surface area contributed by atoms with Crippen LogP contribution in [0.25, 0.3) is 0 Å². The number of ether oxygens (including phenoxy) is 1. The lowest BCUT2D eigenvalue weighted by atomic mass is 10.1. The van der Waals surface area contributed by atoms with Gasteiger partial charge in [0, 0.05) is 17.8 Å². The molecule has 1 aromatic rings. The molecule has 4 atom stereocenters. The summed E-state index contributed by atoms with van der Waals surface area (Å²) in [7, 11) is 0. The highest BCUT2D eigenvalue weighted by molar-refractivity contribution is 5.55. The number of aryl methyl sites for hydroxylation is 1. The zero-order valence-corrected chi connectivity index (χ0v) is 10.8. The van der Waals surface area contributed by atoms with E-state index < -0.39 is 36.1 Å². The number of nitrogens with zero attached hydrogens (tertiary/aromatic N) is 1. The summed E-state index contributed by atoms with van der Waals surface area (Å²) in [6.07, 6.45) is -4.12. The Labute approximate surface area is 114 Å². The molecule has 110 valence electrons. The lowest BCUT2D eigenvalue weighted by molar-refractivity contribution is -0.384. The van der Waals surface area contributed by atoms with Crippen molar-refractivity contribution in [3.63, 3.8) is 0 Å². The number of nitro groups is 1. The molecule has 2 rings (SSSR count). The van der Waals surface area contributed by atoms with Gasteiger partial charge in [-0.25, -0.2) is 0 Å². The molecule has 1 heterocycles. The van der Waals surface area contributed by atoms with Gasteiger partial charge in [0.2, 0.25) is 0 Å². The van der Waals surface area contributed by atoms with Gasteiger partial charge >= 0.3 is 0 Å². The van der Waals surface area contributed by atoms with Crippen molar-refractivity contribution in [1.82, 2.24) is 0 Å². The minimum atomic E-state index is -1.19. The van der Waals surface area contributed by atoms with Gasteiger partial charge in [-0.3, -0.25) is 10.1 Å². The fraction of sp³-hybridized carbons (Fsp3) is 0.500. The molecule has 20 heavy (non-hydrogen) atoms. The van der Waals surface area contributed by atoms with Gasteiger partial charge in [-0.2, -0.15) is 0 Å². The van der Waals surface area contributed by atoms with Crippen LogP contribution < -0.4 is 5.32 Å². The highest BCUT2D eigenvalue weighted by Gasteiger charge is 2.42. The first kappa shape index (κ1) is 14.7. The zero-order valence-electron chi connectivity index (χ0n) is 10.8. The summed E-state index contributed by atoms with van der Waals surface area (Å²) < 4.78 is 5.28. The maximum Gasteiger partial charge on any atom is 0.269 e. The summed E-state index contributed by atoms with van der Waals surface area (Å²) in [6.45, 7) is 1.27. The van der Waals surface area contributed by atoms with Gasteiger partial charge in [0.15, 0.2) is 6.23 Å². The van der Waals surface area contributed by atoms with Gasteiger partial charge in [0.05, 0.1) is 11.5 Å². The van der Waals surface area contributed by atoms with Crippen LogP contribution in [0.2, 0.25) is 0 Å². The second-order valence-electron chi connectivity index (χ2n) is 4.66. The topological polar surface area (TPSA) is 125 Å². The number of nitrogens with one attached hydrogen (secondary N) is 1. The number of hydrogen-bond donors (Lipinski definition) is 4. The van der Waals surface area contributed by atoms with Crippen LogP contribution in [-0.4, -0.2) is 51.4 Å². The van der Waals surface area contributed by atoms with Gasteiger partial charge < -0.3 is 25.4 Å². The van der Waals surface area contributed by atoms with Crippen LogP contribution in [0.15, 0.2) is 18.2 Å². The van der Waals surface area contributed by atoms with Crippen molar-refractivity contribution < 1.29 is 25.0 Å². The van der Waals surface area contributed by atoms with Crippen molar-refractivity contribution in [3.05, 3.63) is 33.9 Å². The molecule has 0 aromatic heterocycles. The van der Waals surface area contributed by atoms with E-state index in [9.17, 15) is 20.3 Å². The van der Waals surface area contributed by atoms with E-state index in [1.807, 2.05) is 0 Å². The molecule has 1 aliphatic rings. The number of non-ortho nitro benzene ring substituents is 1. The molecule has 1 aromatic carbocycles. The third-order valence-electron chi connectivity index (χ3n) is 3.26. The average molecular weight is 284 g/mol. The van der Waals surface area contributed by atoms with Crippen molar-refractivity contribution in [2.75, 3.05) is 11.9 Å². The predicted octanol–water partition coefficient (Wildman–Crippen LogP) is -0.246. The molecule has 0 saturated carbocycles. The minimum Gasteiger partial charge on any atom is -0.394 e. The molecule has 0 amide bonds. The SMILES string of the molecule is Cc1cc([N+](=O)[O-])ccc1NC1O[C@H](CO)[C@@H](O)[C@H]1O. The van der Waals surface area contributed by atoms with E-state index in [4.69, 9.17) is 9.84 Å². The van der Waals surface area contributed by atoms with Gasteiger partial charge in [0.1, 0.15) is 18.3 Å². The molecule has 1 unspecified atom stereocenters. The molecule has 1 aliphatic heterocycles. The number of nitro benzene ring substituents is 1. The molecule has 0 bridgehead atoms. The van der Waals surface area contributed by atoms with Gasteiger partial charge in [-0.1, -0.05) is 0 Å². The molecule has 1 fully saturated rings. The molecule has 8 heteroatoms. The standard InChI is InChI=1S/C12H16N2O6/c1-6-4-7(14(18)19)2-3-8(6)13-12-11(17)10(16)9(5-15)20-12/h2-4,9-13,15-17H,5H2,1H3/t9-,10-,11-,12?/m1/s1. The van der Waals surface area contributed by atoms with E-state index in [1.165, 1.54) is 18.2 Å². The summed E-state index contributed by atoms with van der Waals surface area (Å²) in [5.74, 6) is 0. The monoisotopic (exact) mass is 284 g/mol. The van der Waals surface area contributed by atoms with Gasteiger partial charge in [-0.15, -0.1) is 0 Å². The Bertz CT molecular complexity index is 509.